The molecule has 1 saturated carbocycles. The molecular formula is C10H18Br2. The topological polar surface area (TPSA) is 0 Å². The molecule has 3 atom stereocenters. The maximum absolute atomic E-state index is 3.74. The van der Waals surface area contributed by atoms with Crippen LogP contribution in [0.15, 0.2) is 0 Å². The number of halogens is 2. The van der Waals surface area contributed by atoms with E-state index in [0.717, 1.165) is 5.92 Å². The second-order valence-electron chi connectivity index (χ2n) is 4.91. The molecule has 1 fully saturated rings. The maximum atomic E-state index is 3.74. The van der Waals surface area contributed by atoms with E-state index in [4.69, 9.17) is 0 Å². The molecule has 0 bridgehead atoms. The highest BCUT2D eigenvalue weighted by atomic mass is 79.9. The standard InChI is InChI=1S/C10H18Br2/c1-10(2,3)7-4-5-8(11)9(12)6-7/h7-9H,4-6H2,1-3H3. The first-order valence-electron chi connectivity index (χ1n) is 4.69. The monoisotopic (exact) mass is 296 g/mol. The third-order valence-electron chi connectivity index (χ3n) is 2.92. The van der Waals surface area contributed by atoms with Crippen molar-refractivity contribution in [3.8, 4) is 0 Å². The second-order valence-corrected chi connectivity index (χ2v) is 7.26. The molecule has 1 aliphatic carbocycles. The summed E-state index contributed by atoms with van der Waals surface area (Å²) < 4.78 is 0. The Morgan fingerprint density at radius 3 is 2.00 bits per heavy atom. The largest absolute Gasteiger partial charge is 0.0879 e. The van der Waals surface area contributed by atoms with Crippen molar-refractivity contribution in [1.29, 1.82) is 0 Å². The fourth-order valence-corrected chi connectivity index (χ4v) is 3.06. The van der Waals surface area contributed by atoms with Gasteiger partial charge >= 0.3 is 0 Å². The van der Waals surface area contributed by atoms with Crippen molar-refractivity contribution >= 4 is 31.9 Å². The lowest BCUT2D eigenvalue weighted by molar-refractivity contribution is 0.187. The molecule has 1 rings (SSSR count). The first-order chi connectivity index (χ1) is 5.41. The van der Waals surface area contributed by atoms with Crippen LogP contribution in [0.4, 0.5) is 0 Å². The molecule has 3 unspecified atom stereocenters. The molecule has 0 N–H and O–H groups in total. The van der Waals surface area contributed by atoms with Crippen LogP contribution in [0, 0.1) is 11.3 Å². The normalized spacial score (nSPS) is 38.2. The summed E-state index contributed by atoms with van der Waals surface area (Å²) in [5.41, 5.74) is 0.485. The molecule has 0 aromatic carbocycles. The Bertz CT molecular complexity index is 148. The van der Waals surface area contributed by atoms with Gasteiger partial charge in [0.25, 0.3) is 0 Å². The van der Waals surface area contributed by atoms with E-state index < -0.39 is 0 Å². The SMILES string of the molecule is CC(C)(C)C1CCC(Br)C(Br)C1. The van der Waals surface area contributed by atoms with E-state index in [2.05, 4.69) is 52.6 Å². The predicted octanol–water partition coefficient (Wildman–Crippen LogP) is 4.36. The zero-order valence-corrected chi connectivity index (χ0v) is 11.3. The minimum absolute atomic E-state index is 0.485. The Hall–Kier alpha value is 0.960. The summed E-state index contributed by atoms with van der Waals surface area (Å²) in [6, 6.07) is 0. The third-order valence-corrected chi connectivity index (χ3v) is 5.74. The van der Waals surface area contributed by atoms with Gasteiger partial charge in [0.15, 0.2) is 0 Å². The Morgan fingerprint density at radius 1 is 1.00 bits per heavy atom. The Balaban J connectivity index is 2.51. The molecule has 1 aliphatic rings. The molecule has 72 valence electrons. The van der Waals surface area contributed by atoms with E-state index in [-0.39, 0.29) is 0 Å². The lowest BCUT2D eigenvalue weighted by atomic mass is 9.72. The molecule has 2 heteroatoms. The van der Waals surface area contributed by atoms with Crippen LogP contribution in [-0.2, 0) is 0 Å². The molecule has 0 nitrogen and oxygen atoms in total. The lowest BCUT2D eigenvalue weighted by Gasteiger charge is -2.38. The highest BCUT2D eigenvalue weighted by Gasteiger charge is 2.33. The van der Waals surface area contributed by atoms with Gasteiger partial charge in [-0.2, -0.15) is 0 Å². The summed E-state index contributed by atoms with van der Waals surface area (Å²) in [6.07, 6.45) is 4.01. The Labute approximate surface area is 92.8 Å². The summed E-state index contributed by atoms with van der Waals surface area (Å²) in [4.78, 5) is 1.37. The third kappa shape index (κ3) is 2.73. The number of hydrogen-bond donors (Lipinski definition) is 0. The van der Waals surface area contributed by atoms with Gasteiger partial charge in [0.05, 0.1) is 0 Å². The van der Waals surface area contributed by atoms with Gasteiger partial charge in [0, 0.05) is 9.65 Å². The number of hydrogen-bond acceptors (Lipinski definition) is 0. The van der Waals surface area contributed by atoms with Crippen molar-refractivity contribution in [3.05, 3.63) is 0 Å². The van der Waals surface area contributed by atoms with Crippen molar-refractivity contribution in [2.45, 2.75) is 49.7 Å². The lowest BCUT2D eigenvalue weighted by Crippen LogP contribution is -2.32. The van der Waals surface area contributed by atoms with Gasteiger partial charge < -0.3 is 0 Å². The molecule has 0 radical (unpaired) electrons. The van der Waals surface area contributed by atoms with Crippen LogP contribution in [-0.4, -0.2) is 9.65 Å². The number of rotatable bonds is 0. The second kappa shape index (κ2) is 4.00. The zero-order valence-electron chi connectivity index (χ0n) is 8.11. The molecule has 0 aromatic heterocycles. The highest BCUT2D eigenvalue weighted by Crippen LogP contribution is 2.42. The quantitative estimate of drug-likeness (QED) is 0.583. The van der Waals surface area contributed by atoms with Gasteiger partial charge in [-0.25, -0.2) is 0 Å². The molecule has 0 aromatic rings. The van der Waals surface area contributed by atoms with E-state index in [1.807, 2.05) is 0 Å². The minimum atomic E-state index is 0.485. The number of alkyl halides is 2. The molecule has 12 heavy (non-hydrogen) atoms. The van der Waals surface area contributed by atoms with E-state index >= 15 is 0 Å². The van der Waals surface area contributed by atoms with E-state index in [0.29, 0.717) is 15.1 Å². The average Bonchev–Trinajstić information content (AvgIpc) is 1.92. The van der Waals surface area contributed by atoms with Crippen molar-refractivity contribution in [2.75, 3.05) is 0 Å². The van der Waals surface area contributed by atoms with Gasteiger partial charge in [0.2, 0.25) is 0 Å². The van der Waals surface area contributed by atoms with Crippen LogP contribution in [0.1, 0.15) is 40.0 Å². The van der Waals surface area contributed by atoms with Gasteiger partial charge in [0.1, 0.15) is 0 Å². The first kappa shape index (κ1) is 11.0. The molecule has 0 aliphatic heterocycles. The fraction of sp³-hybridized carbons (Fsp3) is 1.00. The van der Waals surface area contributed by atoms with E-state index in [1.165, 1.54) is 19.3 Å². The molecule has 0 spiro atoms. The van der Waals surface area contributed by atoms with Crippen LogP contribution in [0.25, 0.3) is 0 Å². The molecular weight excluding hydrogens is 280 g/mol. The van der Waals surface area contributed by atoms with Gasteiger partial charge in [-0.15, -0.1) is 0 Å². The summed E-state index contributed by atoms with van der Waals surface area (Å²) in [6.45, 7) is 7.06. The van der Waals surface area contributed by atoms with E-state index in [1.54, 1.807) is 0 Å². The smallest absolute Gasteiger partial charge is 0.0273 e. The maximum Gasteiger partial charge on any atom is 0.0273 e. The molecule has 0 saturated heterocycles. The van der Waals surface area contributed by atoms with Crippen LogP contribution >= 0.6 is 31.9 Å². The van der Waals surface area contributed by atoms with Crippen LogP contribution in [0.2, 0.25) is 0 Å². The van der Waals surface area contributed by atoms with Crippen LogP contribution in [0.3, 0.4) is 0 Å². The van der Waals surface area contributed by atoms with Gasteiger partial charge in [-0.1, -0.05) is 52.6 Å². The van der Waals surface area contributed by atoms with E-state index in [9.17, 15) is 0 Å². The molecule has 0 heterocycles. The Morgan fingerprint density at radius 2 is 1.58 bits per heavy atom. The predicted molar refractivity (Wildman–Crippen MR) is 62.2 cm³/mol. The average molecular weight is 298 g/mol. The van der Waals surface area contributed by atoms with Crippen molar-refractivity contribution < 1.29 is 0 Å². The van der Waals surface area contributed by atoms with Crippen LogP contribution in [0.5, 0.6) is 0 Å². The summed E-state index contributed by atoms with van der Waals surface area (Å²) in [5.74, 6) is 0.885. The van der Waals surface area contributed by atoms with Crippen molar-refractivity contribution in [2.24, 2.45) is 11.3 Å². The zero-order chi connectivity index (χ0) is 9.35. The van der Waals surface area contributed by atoms with Crippen molar-refractivity contribution in [1.82, 2.24) is 0 Å². The van der Waals surface area contributed by atoms with Gasteiger partial charge in [-0.3, -0.25) is 0 Å². The summed E-state index contributed by atoms with van der Waals surface area (Å²) >= 11 is 7.44. The minimum Gasteiger partial charge on any atom is -0.0879 e. The fourth-order valence-electron chi connectivity index (χ4n) is 1.87. The van der Waals surface area contributed by atoms with Gasteiger partial charge in [-0.05, 0) is 30.6 Å². The van der Waals surface area contributed by atoms with Crippen LogP contribution < -0.4 is 0 Å². The summed E-state index contributed by atoms with van der Waals surface area (Å²) in [7, 11) is 0. The summed E-state index contributed by atoms with van der Waals surface area (Å²) in [5, 5.41) is 0. The Kier molecular flexibility index (Phi) is 3.68. The van der Waals surface area contributed by atoms with Crippen molar-refractivity contribution in [3.63, 3.8) is 0 Å². The first-order valence-corrected chi connectivity index (χ1v) is 6.52. The molecule has 0 amide bonds. The highest BCUT2D eigenvalue weighted by molar-refractivity contribution is 9.12.